The van der Waals surface area contributed by atoms with Crippen molar-refractivity contribution < 1.29 is 29.0 Å². The van der Waals surface area contributed by atoms with Gasteiger partial charge >= 0.3 is 5.97 Å². The number of carboxylic acid groups (broad SMARTS) is 1. The molecule has 2 rings (SSSR count). The highest BCUT2D eigenvalue weighted by molar-refractivity contribution is 5.99. The number of carboxylic acids is 1. The van der Waals surface area contributed by atoms with Crippen molar-refractivity contribution in [2.45, 2.75) is 57.8 Å². The molecule has 0 aromatic heterocycles. The van der Waals surface area contributed by atoms with Gasteiger partial charge in [0.2, 0.25) is 0 Å². The molecule has 154 valence electrons. The molecule has 0 saturated carbocycles. The van der Waals surface area contributed by atoms with Crippen LogP contribution in [0.25, 0.3) is 0 Å². The van der Waals surface area contributed by atoms with E-state index in [-0.39, 0.29) is 30.1 Å². The van der Waals surface area contributed by atoms with Gasteiger partial charge in [-0.3, -0.25) is 9.59 Å². The zero-order valence-electron chi connectivity index (χ0n) is 16.5. The molecule has 1 saturated heterocycles. The van der Waals surface area contributed by atoms with Gasteiger partial charge in [0.1, 0.15) is 12.1 Å². The second-order valence-electron chi connectivity index (χ2n) is 7.69. The Hall–Kier alpha value is -2.45. The van der Waals surface area contributed by atoms with Crippen molar-refractivity contribution in [2.24, 2.45) is 0 Å². The van der Waals surface area contributed by atoms with Gasteiger partial charge in [-0.15, -0.1) is 0 Å². The molecule has 0 aliphatic carbocycles. The van der Waals surface area contributed by atoms with Crippen LogP contribution >= 0.6 is 0 Å². The molecule has 8 heteroatoms. The maximum Gasteiger partial charge on any atom is 0.326 e. The van der Waals surface area contributed by atoms with Crippen molar-refractivity contribution in [3.05, 3.63) is 29.8 Å². The first-order valence-corrected chi connectivity index (χ1v) is 9.36. The maximum atomic E-state index is 12.5. The normalized spacial score (nSPS) is 17.8. The summed E-state index contributed by atoms with van der Waals surface area (Å²) in [6, 6.07) is 5.28. The average molecular weight is 392 g/mol. The fraction of sp³-hybridized carbons (Fsp3) is 0.550. The van der Waals surface area contributed by atoms with Gasteiger partial charge in [-0.05, 0) is 51.8 Å². The summed E-state index contributed by atoms with van der Waals surface area (Å²) < 4.78 is 10.9. The minimum absolute atomic E-state index is 0.147. The maximum absolute atomic E-state index is 12.5. The molecule has 3 N–H and O–H groups in total. The van der Waals surface area contributed by atoms with E-state index in [0.29, 0.717) is 18.7 Å². The van der Waals surface area contributed by atoms with Crippen molar-refractivity contribution in [3.63, 3.8) is 0 Å². The molecule has 8 nitrogen and oxygen atoms in total. The van der Waals surface area contributed by atoms with Crippen molar-refractivity contribution in [1.29, 1.82) is 0 Å². The van der Waals surface area contributed by atoms with Gasteiger partial charge in [0.25, 0.3) is 11.8 Å². The summed E-state index contributed by atoms with van der Waals surface area (Å²) in [4.78, 5) is 36.0. The molecule has 28 heavy (non-hydrogen) atoms. The number of benzene rings is 1. The zero-order valence-corrected chi connectivity index (χ0v) is 16.5. The van der Waals surface area contributed by atoms with Gasteiger partial charge in [0, 0.05) is 30.9 Å². The number of aliphatic carboxylic acids is 1. The number of ether oxygens (including phenoxy) is 2. The minimum Gasteiger partial charge on any atom is -0.480 e. The molecule has 1 heterocycles. The van der Waals surface area contributed by atoms with Crippen LogP contribution in [0.2, 0.25) is 0 Å². The SMILES string of the molecule is CC(C)(C)OCCC(NC(=O)c1cccc(NC(=O)C2CCCO2)c1)C(=O)O. The van der Waals surface area contributed by atoms with Crippen LogP contribution in [0.1, 0.15) is 50.4 Å². The summed E-state index contributed by atoms with van der Waals surface area (Å²) in [5.74, 6) is -1.91. The Morgan fingerprint density at radius 2 is 2.07 bits per heavy atom. The van der Waals surface area contributed by atoms with Crippen LogP contribution in [0, 0.1) is 0 Å². The Morgan fingerprint density at radius 3 is 2.68 bits per heavy atom. The van der Waals surface area contributed by atoms with Crippen LogP contribution in [0.4, 0.5) is 5.69 Å². The predicted octanol–water partition coefficient (Wildman–Crippen LogP) is 2.19. The number of nitrogens with one attached hydrogen (secondary N) is 2. The fourth-order valence-electron chi connectivity index (χ4n) is 2.73. The van der Waals surface area contributed by atoms with Gasteiger partial charge in [-0.25, -0.2) is 4.79 Å². The number of amides is 2. The Kier molecular flexibility index (Phi) is 7.53. The molecular formula is C20H28N2O6. The monoisotopic (exact) mass is 392 g/mol. The lowest BCUT2D eigenvalue weighted by Gasteiger charge is -2.21. The third-order valence-electron chi connectivity index (χ3n) is 4.16. The van der Waals surface area contributed by atoms with E-state index in [2.05, 4.69) is 10.6 Å². The lowest BCUT2D eigenvalue weighted by molar-refractivity contribution is -0.140. The molecule has 1 aromatic rings. The number of rotatable bonds is 8. The third kappa shape index (κ3) is 6.94. The van der Waals surface area contributed by atoms with E-state index in [0.717, 1.165) is 6.42 Å². The van der Waals surface area contributed by atoms with Crippen LogP contribution in [0.5, 0.6) is 0 Å². The fourth-order valence-corrected chi connectivity index (χ4v) is 2.73. The first-order chi connectivity index (χ1) is 13.2. The second-order valence-corrected chi connectivity index (χ2v) is 7.69. The number of hydrogen-bond acceptors (Lipinski definition) is 5. The van der Waals surface area contributed by atoms with Crippen molar-refractivity contribution in [2.75, 3.05) is 18.5 Å². The first-order valence-electron chi connectivity index (χ1n) is 9.36. The number of carbonyl (C=O) groups excluding carboxylic acids is 2. The summed E-state index contributed by atoms with van der Waals surface area (Å²) in [7, 11) is 0. The number of anilines is 1. The van der Waals surface area contributed by atoms with Crippen molar-refractivity contribution in [3.8, 4) is 0 Å². The average Bonchev–Trinajstić information content (AvgIpc) is 3.14. The van der Waals surface area contributed by atoms with E-state index in [1.54, 1.807) is 18.2 Å². The Morgan fingerprint density at radius 1 is 1.32 bits per heavy atom. The topological polar surface area (TPSA) is 114 Å². The van der Waals surface area contributed by atoms with E-state index in [1.807, 2.05) is 20.8 Å². The van der Waals surface area contributed by atoms with Crippen LogP contribution in [0.15, 0.2) is 24.3 Å². The van der Waals surface area contributed by atoms with E-state index in [4.69, 9.17) is 9.47 Å². The highest BCUT2D eigenvalue weighted by Crippen LogP contribution is 2.16. The summed E-state index contributed by atoms with van der Waals surface area (Å²) in [6.07, 6.45) is 1.18. The molecule has 1 aromatic carbocycles. The Labute approximate surface area is 164 Å². The third-order valence-corrected chi connectivity index (χ3v) is 4.16. The smallest absolute Gasteiger partial charge is 0.326 e. The summed E-state index contributed by atoms with van der Waals surface area (Å²) in [5, 5.41) is 14.6. The lowest BCUT2D eigenvalue weighted by Crippen LogP contribution is -2.42. The Bertz CT molecular complexity index is 707. The molecule has 1 aliphatic heterocycles. The first kappa shape index (κ1) is 21.8. The van der Waals surface area contributed by atoms with Gasteiger partial charge in [0.05, 0.1) is 5.60 Å². The summed E-state index contributed by atoms with van der Waals surface area (Å²) in [6.45, 7) is 6.39. The summed E-state index contributed by atoms with van der Waals surface area (Å²) >= 11 is 0. The van der Waals surface area contributed by atoms with E-state index in [9.17, 15) is 19.5 Å². The highest BCUT2D eigenvalue weighted by atomic mass is 16.5. The lowest BCUT2D eigenvalue weighted by atomic mass is 10.1. The van der Waals surface area contributed by atoms with Crippen LogP contribution in [-0.2, 0) is 19.1 Å². The second kappa shape index (κ2) is 9.66. The zero-order chi connectivity index (χ0) is 20.7. The standard InChI is InChI=1S/C20H28N2O6/c1-20(2,3)28-11-9-15(19(25)26)22-17(23)13-6-4-7-14(12-13)21-18(24)16-8-5-10-27-16/h4,6-7,12,15-16H,5,8-11H2,1-3H3,(H,21,24)(H,22,23)(H,25,26). The quantitative estimate of drug-likeness (QED) is 0.625. The van der Waals surface area contributed by atoms with Gasteiger partial charge in [0.15, 0.2) is 0 Å². The number of carbonyl (C=O) groups is 3. The van der Waals surface area contributed by atoms with Crippen LogP contribution in [0.3, 0.4) is 0 Å². The molecule has 0 radical (unpaired) electrons. The summed E-state index contributed by atoms with van der Waals surface area (Å²) in [5.41, 5.74) is 0.326. The van der Waals surface area contributed by atoms with Gasteiger partial charge in [-0.1, -0.05) is 6.07 Å². The largest absolute Gasteiger partial charge is 0.480 e. The van der Waals surface area contributed by atoms with Crippen LogP contribution < -0.4 is 10.6 Å². The molecule has 0 spiro atoms. The molecule has 1 fully saturated rings. The van der Waals surface area contributed by atoms with E-state index >= 15 is 0 Å². The van der Waals surface area contributed by atoms with E-state index < -0.39 is 24.0 Å². The number of hydrogen-bond donors (Lipinski definition) is 3. The van der Waals surface area contributed by atoms with Crippen molar-refractivity contribution in [1.82, 2.24) is 5.32 Å². The molecular weight excluding hydrogens is 364 g/mol. The van der Waals surface area contributed by atoms with Gasteiger partial charge < -0.3 is 25.2 Å². The minimum atomic E-state index is -1.13. The molecule has 2 unspecified atom stereocenters. The van der Waals surface area contributed by atoms with Crippen LogP contribution in [-0.4, -0.2) is 53.9 Å². The Balaban J connectivity index is 1.96. The van der Waals surface area contributed by atoms with Gasteiger partial charge in [-0.2, -0.15) is 0 Å². The van der Waals surface area contributed by atoms with Crippen molar-refractivity contribution >= 4 is 23.5 Å². The molecule has 2 amide bonds. The van der Waals surface area contributed by atoms with E-state index in [1.165, 1.54) is 6.07 Å². The molecule has 1 aliphatic rings. The predicted molar refractivity (Wildman–Crippen MR) is 103 cm³/mol. The molecule has 0 bridgehead atoms. The molecule has 2 atom stereocenters. The highest BCUT2D eigenvalue weighted by Gasteiger charge is 2.24.